The number of rotatable bonds is 0. The highest BCUT2D eigenvalue weighted by atomic mass is 35.5. The van der Waals surface area contributed by atoms with Crippen LogP contribution in [0, 0.1) is 23.5 Å². The maximum atomic E-state index is 12.9. The van der Waals surface area contributed by atoms with Crippen LogP contribution in [0.2, 0.25) is 0 Å². The Morgan fingerprint density at radius 1 is 1.31 bits per heavy atom. The normalized spacial score (nSPS) is 9.15. The summed E-state index contributed by atoms with van der Waals surface area (Å²) in [7, 11) is 0. The van der Waals surface area contributed by atoms with Gasteiger partial charge in [0.05, 0.1) is 11.4 Å². The van der Waals surface area contributed by atoms with Gasteiger partial charge in [0.2, 0.25) is 0 Å². The number of benzene rings is 1. The third-order valence-corrected chi connectivity index (χ3v) is 1.44. The number of aromatic hydroxyl groups is 1. The molecular weight excluding hydrogens is 198 g/mol. The predicted molar refractivity (Wildman–Crippen MR) is 45.6 cm³/mol. The number of hydrogen-bond donors (Lipinski definition) is 1. The van der Waals surface area contributed by atoms with Crippen LogP contribution in [0.5, 0.6) is 5.75 Å². The van der Waals surface area contributed by atoms with Gasteiger partial charge in [-0.1, -0.05) is 11.8 Å². The van der Waals surface area contributed by atoms with Crippen LogP contribution >= 0.6 is 11.6 Å². The smallest absolute Gasteiger partial charge is 0.145 e. The van der Waals surface area contributed by atoms with E-state index in [0.29, 0.717) is 0 Å². The van der Waals surface area contributed by atoms with Crippen molar-refractivity contribution in [2.75, 3.05) is 5.88 Å². The van der Waals surface area contributed by atoms with E-state index >= 15 is 0 Å². The van der Waals surface area contributed by atoms with Crippen LogP contribution in [-0.4, -0.2) is 11.0 Å². The molecule has 13 heavy (non-hydrogen) atoms. The minimum Gasteiger partial charge on any atom is -0.508 e. The van der Waals surface area contributed by atoms with Crippen LogP contribution in [0.25, 0.3) is 0 Å². The van der Waals surface area contributed by atoms with Gasteiger partial charge in [0.1, 0.15) is 17.4 Å². The lowest BCUT2D eigenvalue weighted by Gasteiger charge is -1.97. The minimum absolute atomic E-state index is 0.000242. The Kier molecular flexibility index (Phi) is 3.10. The number of alkyl halides is 1. The highest BCUT2D eigenvalue weighted by Gasteiger charge is 2.07. The molecule has 0 saturated heterocycles. The van der Waals surface area contributed by atoms with Crippen molar-refractivity contribution in [3.05, 3.63) is 29.3 Å². The molecule has 0 radical (unpaired) electrons. The van der Waals surface area contributed by atoms with Crippen molar-refractivity contribution in [3.63, 3.8) is 0 Å². The molecule has 1 aromatic carbocycles. The first kappa shape index (κ1) is 9.82. The van der Waals surface area contributed by atoms with E-state index in [0.717, 1.165) is 12.1 Å². The Labute approximate surface area is 79.0 Å². The first-order valence-electron chi connectivity index (χ1n) is 3.38. The molecule has 0 aliphatic rings. The Morgan fingerprint density at radius 3 is 2.31 bits per heavy atom. The van der Waals surface area contributed by atoms with E-state index in [1.54, 1.807) is 0 Å². The second-order valence-electron chi connectivity index (χ2n) is 2.22. The summed E-state index contributed by atoms with van der Waals surface area (Å²) in [5.74, 6) is 2.28. The van der Waals surface area contributed by atoms with Crippen molar-refractivity contribution < 1.29 is 13.9 Å². The molecule has 0 aliphatic carbocycles. The lowest BCUT2D eigenvalue weighted by Crippen LogP contribution is -1.89. The van der Waals surface area contributed by atoms with E-state index in [-0.39, 0.29) is 11.4 Å². The summed E-state index contributed by atoms with van der Waals surface area (Å²) < 4.78 is 25.8. The fourth-order valence-corrected chi connectivity index (χ4v) is 0.868. The molecule has 4 heteroatoms. The summed E-state index contributed by atoms with van der Waals surface area (Å²) in [6, 6.07) is 1.59. The van der Waals surface area contributed by atoms with Crippen LogP contribution in [0.1, 0.15) is 5.56 Å². The minimum atomic E-state index is -0.893. The molecule has 0 bridgehead atoms. The van der Waals surface area contributed by atoms with Gasteiger partial charge in [0.15, 0.2) is 0 Å². The van der Waals surface area contributed by atoms with Crippen molar-refractivity contribution >= 4 is 11.6 Å². The lowest BCUT2D eigenvalue weighted by atomic mass is 10.2. The quantitative estimate of drug-likeness (QED) is 0.506. The summed E-state index contributed by atoms with van der Waals surface area (Å²) in [5.41, 5.74) is -0.376. The Balaban J connectivity index is 3.21. The molecule has 0 spiro atoms. The zero-order chi connectivity index (χ0) is 9.84. The average Bonchev–Trinajstić information content (AvgIpc) is 2.02. The number of phenols is 1. The predicted octanol–water partition coefficient (Wildman–Crippen LogP) is 2.26. The second kappa shape index (κ2) is 4.11. The van der Waals surface area contributed by atoms with Gasteiger partial charge < -0.3 is 5.11 Å². The van der Waals surface area contributed by atoms with Gasteiger partial charge in [-0.05, 0) is 0 Å². The van der Waals surface area contributed by atoms with Gasteiger partial charge in [0.25, 0.3) is 0 Å². The van der Waals surface area contributed by atoms with E-state index < -0.39 is 17.4 Å². The summed E-state index contributed by atoms with van der Waals surface area (Å²) in [6.07, 6.45) is 0. The van der Waals surface area contributed by atoms with E-state index in [4.69, 9.17) is 16.7 Å². The van der Waals surface area contributed by atoms with E-state index in [1.807, 2.05) is 0 Å². The molecule has 0 amide bonds. The number of hydrogen-bond acceptors (Lipinski definition) is 1. The molecule has 1 N–H and O–H groups in total. The van der Waals surface area contributed by atoms with Crippen LogP contribution in [0.15, 0.2) is 12.1 Å². The maximum Gasteiger partial charge on any atom is 0.145 e. The van der Waals surface area contributed by atoms with Gasteiger partial charge in [0, 0.05) is 12.1 Å². The molecule has 0 atom stereocenters. The average molecular weight is 203 g/mol. The van der Waals surface area contributed by atoms with Crippen LogP contribution in [-0.2, 0) is 0 Å². The fourth-order valence-electron chi connectivity index (χ4n) is 0.801. The van der Waals surface area contributed by atoms with Crippen LogP contribution in [0.3, 0.4) is 0 Å². The number of phenolic OH excluding ortho intramolecular Hbond substituents is 1. The SMILES string of the molecule is Oc1cc(F)c(C#CCCl)c(F)c1. The standard InChI is InChI=1S/C9H5ClF2O/c10-3-1-2-7-8(11)4-6(13)5-9(7)12/h4-5,13H,3H2. The lowest BCUT2D eigenvalue weighted by molar-refractivity contribution is 0.459. The van der Waals surface area contributed by atoms with Gasteiger partial charge in [-0.15, -0.1) is 11.6 Å². The van der Waals surface area contributed by atoms with Crippen molar-refractivity contribution in [2.24, 2.45) is 0 Å². The van der Waals surface area contributed by atoms with Gasteiger partial charge in [-0.3, -0.25) is 0 Å². The summed E-state index contributed by atoms with van der Waals surface area (Å²) in [5, 5.41) is 8.79. The molecule has 1 rings (SSSR count). The third-order valence-electron chi connectivity index (χ3n) is 1.31. The molecular formula is C9H5ClF2O. The van der Waals surface area contributed by atoms with Crippen molar-refractivity contribution in [2.45, 2.75) is 0 Å². The van der Waals surface area contributed by atoms with Gasteiger partial charge in [-0.2, -0.15) is 0 Å². The highest BCUT2D eigenvalue weighted by Crippen LogP contribution is 2.18. The molecule has 0 aromatic heterocycles. The Hall–Kier alpha value is -1.27. The van der Waals surface area contributed by atoms with Gasteiger partial charge in [-0.25, -0.2) is 8.78 Å². The van der Waals surface area contributed by atoms with E-state index in [9.17, 15) is 8.78 Å². The summed E-state index contributed by atoms with van der Waals surface area (Å²) in [4.78, 5) is 0. The molecule has 0 saturated carbocycles. The first-order valence-corrected chi connectivity index (χ1v) is 3.91. The third kappa shape index (κ3) is 2.33. The Morgan fingerprint density at radius 2 is 1.85 bits per heavy atom. The van der Waals surface area contributed by atoms with Crippen molar-refractivity contribution in [1.29, 1.82) is 0 Å². The zero-order valence-electron chi connectivity index (χ0n) is 6.44. The summed E-state index contributed by atoms with van der Waals surface area (Å²) in [6.45, 7) is 0. The topological polar surface area (TPSA) is 20.2 Å². The van der Waals surface area contributed by atoms with Crippen LogP contribution in [0.4, 0.5) is 8.78 Å². The second-order valence-corrected chi connectivity index (χ2v) is 2.49. The van der Waals surface area contributed by atoms with E-state index in [2.05, 4.69) is 11.8 Å². The van der Waals surface area contributed by atoms with E-state index in [1.165, 1.54) is 0 Å². The molecule has 1 nitrogen and oxygen atoms in total. The number of halogens is 3. The highest BCUT2D eigenvalue weighted by molar-refractivity contribution is 6.19. The molecule has 0 aliphatic heterocycles. The molecule has 68 valence electrons. The molecule has 0 fully saturated rings. The van der Waals surface area contributed by atoms with Gasteiger partial charge >= 0.3 is 0 Å². The first-order chi connectivity index (χ1) is 6.15. The van der Waals surface area contributed by atoms with Crippen molar-refractivity contribution in [1.82, 2.24) is 0 Å². The van der Waals surface area contributed by atoms with Crippen molar-refractivity contribution in [3.8, 4) is 17.6 Å². The molecule has 0 unspecified atom stereocenters. The van der Waals surface area contributed by atoms with Crippen LogP contribution < -0.4 is 0 Å². The monoisotopic (exact) mass is 202 g/mol. The molecule has 1 aromatic rings. The fraction of sp³-hybridized carbons (Fsp3) is 0.111. The Bertz CT molecular complexity index is 356. The summed E-state index contributed by atoms with van der Waals surface area (Å²) >= 11 is 5.22. The largest absolute Gasteiger partial charge is 0.508 e. The molecule has 0 heterocycles. The maximum absolute atomic E-state index is 12.9. The zero-order valence-corrected chi connectivity index (χ0v) is 7.20.